The highest BCUT2D eigenvalue weighted by molar-refractivity contribution is 6.23. The molecule has 1 aromatic carbocycles. The lowest BCUT2D eigenvalue weighted by Gasteiger charge is -2.26. The van der Waals surface area contributed by atoms with Crippen LogP contribution in [-0.2, 0) is 14.3 Å². The van der Waals surface area contributed by atoms with E-state index in [1.807, 2.05) is 0 Å². The predicted molar refractivity (Wildman–Crippen MR) is 76.3 cm³/mol. The van der Waals surface area contributed by atoms with Gasteiger partial charge in [0.05, 0.1) is 37.3 Å². The molecule has 6 heteroatoms. The summed E-state index contributed by atoms with van der Waals surface area (Å²) in [5.74, 6) is -1.14. The summed E-state index contributed by atoms with van der Waals surface area (Å²) in [5, 5.41) is 9.64. The molecule has 0 saturated carbocycles. The smallest absolute Gasteiger partial charge is 0.241 e. The normalized spacial score (nSPS) is 35.4. The van der Waals surface area contributed by atoms with E-state index in [-0.39, 0.29) is 18.4 Å². The Kier molecular flexibility index (Phi) is 2.70. The lowest BCUT2D eigenvalue weighted by Crippen LogP contribution is -2.43. The molecule has 0 aromatic heterocycles. The van der Waals surface area contributed by atoms with Crippen LogP contribution in [0.5, 0.6) is 5.75 Å². The predicted octanol–water partition coefficient (Wildman–Crippen LogP) is 0.500. The van der Waals surface area contributed by atoms with Gasteiger partial charge in [-0.1, -0.05) is 12.2 Å². The van der Waals surface area contributed by atoms with Gasteiger partial charge in [-0.15, -0.1) is 0 Å². The van der Waals surface area contributed by atoms with E-state index >= 15 is 0 Å². The fraction of sp³-hybridized carbons (Fsp3) is 0.375. The maximum atomic E-state index is 12.8. The van der Waals surface area contributed by atoms with E-state index in [0.29, 0.717) is 11.4 Å². The number of carbonyl (C=O) groups is 2. The largest absolute Gasteiger partial charge is 0.497 e. The van der Waals surface area contributed by atoms with Crippen molar-refractivity contribution in [2.45, 2.75) is 11.7 Å². The van der Waals surface area contributed by atoms with Crippen LogP contribution >= 0.6 is 0 Å². The Hall–Kier alpha value is -2.18. The summed E-state index contributed by atoms with van der Waals surface area (Å²) in [4.78, 5) is 26.6. The van der Waals surface area contributed by atoms with E-state index in [1.54, 1.807) is 43.5 Å². The maximum Gasteiger partial charge on any atom is 0.241 e. The molecule has 0 unspecified atom stereocenters. The molecule has 0 aliphatic carbocycles. The highest BCUT2D eigenvalue weighted by atomic mass is 16.5. The number of hydrogen-bond acceptors (Lipinski definition) is 5. The number of nitrogens with zero attached hydrogens (tertiary/aromatic N) is 1. The molecule has 2 saturated heterocycles. The minimum absolute atomic E-state index is 0.273. The van der Waals surface area contributed by atoms with E-state index in [1.165, 1.54) is 4.90 Å². The van der Waals surface area contributed by atoms with Gasteiger partial charge in [0, 0.05) is 0 Å². The van der Waals surface area contributed by atoms with E-state index in [0.717, 1.165) is 0 Å². The summed E-state index contributed by atoms with van der Waals surface area (Å²) in [6.07, 6.45) is 3.04. The number of amides is 2. The molecule has 1 N–H and O–H groups in total. The number of carbonyl (C=O) groups excluding carboxylic acids is 2. The number of aliphatic hydroxyl groups excluding tert-OH is 1. The number of methoxy groups -OCH3 is 1. The summed E-state index contributed by atoms with van der Waals surface area (Å²) < 4.78 is 10.8. The fourth-order valence-electron chi connectivity index (χ4n) is 3.67. The monoisotopic (exact) mass is 301 g/mol. The molecule has 4 atom stereocenters. The Morgan fingerprint density at radius 3 is 2.64 bits per heavy atom. The third-order valence-electron chi connectivity index (χ3n) is 4.73. The van der Waals surface area contributed by atoms with Gasteiger partial charge in [-0.05, 0) is 24.3 Å². The van der Waals surface area contributed by atoms with Gasteiger partial charge in [0.1, 0.15) is 11.4 Å². The Morgan fingerprint density at radius 1 is 1.27 bits per heavy atom. The molecule has 2 bridgehead atoms. The van der Waals surface area contributed by atoms with Gasteiger partial charge in [-0.3, -0.25) is 9.59 Å². The maximum absolute atomic E-state index is 12.8. The second-order valence-electron chi connectivity index (χ2n) is 5.77. The summed E-state index contributed by atoms with van der Waals surface area (Å²) in [5.41, 5.74) is -0.541. The number of imide groups is 1. The first-order valence-corrected chi connectivity index (χ1v) is 7.11. The molecule has 4 rings (SSSR count). The number of rotatable bonds is 3. The van der Waals surface area contributed by atoms with Crippen molar-refractivity contribution < 1.29 is 24.2 Å². The van der Waals surface area contributed by atoms with Crippen molar-refractivity contribution in [3.05, 3.63) is 36.4 Å². The topological polar surface area (TPSA) is 76.1 Å². The highest BCUT2D eigenvalue weighted by Crippen LogP contribution is 2.52. The van der Waals surface area contributed by atoms with Gasteiger partial charge < -0.3 is 14.6 Å². The molecule has 3 heterocycles. The van der Waals surface area contributed by atoms with Crippen molar-refractivity contribution in [3.63, 3.8) is 0 Å². The van der Waals surface area contributed by atoms with Gasteiger partial charge in [0.25, 0.3) is 0 Å². The molecule has 2 fully saturated rings. The minimum Gasteiger partial charge on any atom is -0.497 e. The van der Waals surface area contributed by atoms with Crippen LogP contribution in [0.15, 0.2) is 36.4 Å². The fourth-order valence-corrected chi connectivity index (χ4v) is 3.67. The van der Waals surface area contributed by atoms with E-state index < -0.39 is 23.5 Å². The van der Waals surface area contributed by atoms with Gasteiger partial charge >= 0.3 is 0 Å². The molecule has 1 aromatic rings. The Labute approximate surface area is 126 Å². The molecule has 22 heavy (non-hydrogen) atoms. The van der Waals surface area contributed by atoms with Crippen LogP contribution in [0, 0.1) is 11.8 Å². The summed E-state index contributed by atoms with van der Waals surface area (Å²) in [7, 11) is 1.55. The number of fused-ring (bicyclic) bond motifs is 5. The summed E-state index contributed by atoms with van der Waals surface area (Å²) >= 11 is 0. The molecule has 2 amide bonds. The molecule has 3 aliphatic rings. The van der Waals surface area contributed by atoms with Crippen LogP contribution < -0.4 is 9.64 Å². The van der Waals surface area contributed by atoms with E-state index in [4.69, 9.17) is 9.47 Å². The minimum atomic E-state index is -1.05. The van der Waals surface area contributed by atoms with Gasteiger partial charge in [0.15, 0.2) is 0 Å². The van der Waals surface area contributed by atoms with Crippen molar-refractivity contribution >= 4 is 17.5 Å². The molecule has 0 radical (unpaired) electrons. The van der Waals surface area contributed by atoms with Crippen molar-refractivity contribution in [3.8, 4) is 5.75 Å². The Morgan fingerprint density at radius 2 is 2.00 bits per heavy atom. The molecule has 114 valence electrons. The van der Waals surface area contributed by atoms with Crippen LogP contribution in [0.1, 0.15) is 0 Å². The van der Waals surface area contributed by atoms with Crippen LogP contribution in [-0.4, -0.2) is 42.3 Å². The lowest BCUT2D eigenvalue weighted by atomic mass is 9.77. The molecular formula is C16H15NO5. The Balaban J connectivity index is 1.72. The second-order valence-corrected chi connectivity index (χ2v) is 5.77. The van der Waals surface area contributed by atoms with Crippen molar-refractivity contribution in [2.75, 3.05) is 18.6 Å². The van der Waals surface area contributed by atoms with Crippen molar-refractivity contribution in [2.24, 2.45) is 11.8 Å². The quantitative estimate of drug-likeness (QED) is 0.650. The van der Waals surface area contributed by atoms with Crippen molar-refractivity contribution in [1.82, 2.24) is 0 Å². The zero-order chi connectivity index (χ0) is 15.5. The number of benzene rings is 1. The molecule has 3 aliphatic heterocycles. The second kappa shape index (κ2) is 4.41. The molecule has 0 spiro atoms. The summed E-state index contributed by atoms with van der Waals surface area (Å²) in [6, 6.07) is 6.76. The molecular weight excluding hydrogens is 286 g/mol. The first-order chi connectivity index (χ1) is 10.6. The van der Waals surface area contributed by atoms with Gasteiger partial charge in [-0.25, -0.2) is 4.90 Å². The molecule has 6 nitrogen and oxygen atoms in total. The zero-order valence-electron chi connectivity index (χ0n) is 11.9. The third kappa shape index (κ3) is 1.51. The average Bonchev–Trinajstić information content (AvgIpc) is 3.19. The average molecular weight is 301 g/mol. The van der Waals surface area contributed by atoms with Crippen molar-refractivity contribution in [1.29, 1.82) is 0 Å². The van der Waals surface area contributed by atoms with Crippen LogP contribution in [0.3, 0.4) is 0 Å². The number of ether oxygens (including phenoxy) is 2. The number of aliphatic hydroxyl groups is 1. The first-order valence-electron chi connectivity index (χ1n) is 7.11. The third-order valence-corrected chi connectivity index (χ3v) is 4.73. The number of anilines is 1. The van der Waals surface area contributed by atoms with Crippen LogP contribution in [0.2, 0.25) is 0 Å². The van der Waals surface area contributed by atoms with Gasteiger partial charge in [-0.2, -0.15) is 0 Å². The van der Waals surface area contributed by atoms with E-state index in [2.05, 4.69) is 0 Å². The van der Waals surface area contributed by atoms with E-state index in [9.17, 15) is 14.7 Å². The Bertz CT molecular complexity index is 682. The van der Waals surface area contributed by atoms with Gasteiger partial charge in [0.2, 0.25) is 11.8 Å². The number of hydrogen-bond donors (Lipinski definition) is 1. The SMILES string of the molecule is COc1ccc(N2C(=O)[C@H]3[C@@H](C2=O)[C@@]2(CO)C=C[C@H]3O2)cc1. The standard InChI is InChI=1S/C16H15NO5/c1-21-10-4-2-9(3-5-10)17-14(19)12-11-6-7-16(8-18,22-11)13(12)15(17)20/h2-7,11-13,18H,8H2,1H3/t11-,12-,13+,16+/m1/s1. The first kappa shape index (κ1) is 13.5. The van der Waals surface area contributed by atoms with Crippen LogP contribution in [0.25, 0.3) is 0 Å². The summed E-state index contributed by atoms with van der Waals surface area (Å²) in [6.45, 7) is -0.309. The highest BCUT2D eigenvalue weighted by Gasteiger charge is 2.67. The zero-order valence-corrected chi connectivity index (χ0v) is 11.9. The van der Waals surface area contributed by atoms with Crippen LogP contribution in [0.4, 0.5) is 5.69 Å². The lowest BCUT2D eigenvalue weighted by molar-refractivity contribution is -0.128.